The van der Waals surface area contributed by atoms with Crippen LogP contribution in [0.15, 0.2) is 29.2 Å². The summed E-state index contributed by atoms with van der Waals surface area (Å²) in [7, 11) is 1.70. The van der Waals surface area contributed by atoms with Crippen LogP contribution in [-0.2, 0) is 11.2 Å². The highest BCUT2D eigenvalue weighted by Crippen LogP contribution is 2.45. The normalized spacial score (nSPS) is 22.6. The highest BCUT2D eigenvalue weighted by Gasteiger charge is 2.35. The number of ether oxygens (including phenoxy) is 2. The van der Waals surface area contributed by atoms with E-state index >= 15 is 0 Å². The number of nitrogens with zero attached hydrogens (tertiary/aromatic N) is 1. The largest absolute Gasteiger partial charge is 0.489 e. The van der Waals surface area contributed by atoms with E-state index in [0.29, 0.717) is 22.9 Å². The van der Waals surface area contributed by atoms with Gasteiger partial charge in [0.05, 0.1) is 16.8 Å². The van der Waals surface area contributed by atoms with E-state index in [0.717, 1.165) is 24.0 Å². The molecule has 1 N–H and O–H groups in total. The molecule has 1 aromatic carbocycles. The Morgan fingerprint density at radius 3 is 2.50 bits per heavy atom. The molecule has 0 saturated heterocycles. The molecular formula is C23H26ClNO5. The second kappa shape index (κ2) is 7.43. The molecule has 1 aliphatic heterocycles. The maximum atomic E-state index is 12.4. The number of carboxylic acid groups (broad SMARTS) is 1. The van der Waals surface area contributed by atoms with E-state index in [1.54, 1.807) is 7.11 Å². The maximum Gasteiger partial charge on any atom is 0.341 e. The summed E-state index contributed by atoms with van der Waals surface area (Å²) < 4.78 is 13.3. The minimum absolute atomic E-state index is 0.0192. The minimum Gasteiger partial charge on any atom is -0.489 e. The van der Waals surface area contributed by atoms with Crippen molar-refractivity contribution < 1.29 is 19.4 Å². The van der Waals surface area contributed by atoms with Crippen LogP contribution in [0.25, 0.3) is 11.3 Å². The fourth-order valence-electron chi connectivity index (χ4n) is 4.29. The van der Waals surface area contributed by atoms with E-state index in [4.69, 9.17) is 21.1 Å². The van der Waals surface area contributed by atoms with E-state index in [2.05, 4.69) is 20.8 Å². The molecular weight excluding hydrogens is 406 g/mol. The molecule has 1 fully saturated rings. The highest BCUT2D eigenvalue weighted by molar-refractivity contribution is 6.32. The van der Waals surface area contributed by atoms with Gasteiger partial charge in [0.25, 0.3) is 0 Å². The third-order valence-corrected chi connectivity index (χ3v) is 6.47. The van der Waals surface area contributed by atoms with Crippen LogP contribution >= 0.6 is 11.6 Å². The van der Waals surface area contributed by atoms with E-state index in [-0.39, 0.29) is 29.2 Å². The molecule has 0 amide bonds. The monoisotopic (exact) mass is 431 g/mol. The standard InChI is InChI=1S/C23H26ClNO5/c1-23(2,3)21-6-12-5-20(30-14-7-13(8-14)29-4)17(24)9-15(12)18-10-19(26)16(22(27)28)11-25(18)21/h5,9-11,13-14,21H,6-8H2,1-4H3,(H,27,28)/t13?,14?,21-/m0/s1. The lowest BCUT2D eigenvalue weighted by Crippen LogP contribution is -2.39. The van der Waals surface area contributed by atoms with Crippen LogP contribution in [0.2, 0.25) is 5.02 Å². The molecule has 6 nitrogen and oxygen atoms in total. The van der Waals surface area contributed by atoms with Crippen molar-refractivity contribution in [1.29, 1.82) is 0 Å². The van der Waals surface area contributed by atoms with Crippen LogP contribution < -0.4 is 10.2 Å². The van der Waals surface area contributed by atoms with Gasteiger partial charge in [-0.3, -0.25) is 4.79 Å². The molecule has 2 aromatic rings. The van der Waals surface area contributed by atoms with E-state index < -0.39 is 11.4 Å². The van der Waals surface area contributed by atoms with Crippen molar-refractivity contribution in [3.63, 3.8) is 0 Å². The zero-order chi connectivity index (χ0) is 21.8. The summed E-state index contributed by atoms with van der Waals surface area (Å²) in [6.45, 7) is 6.33. The van der Waals surface area contributed by atoms with Crippen molar-refractivity contribution in [2.75, 3.05) is 7.11 Å². The molecule has 160 valence electrons. The number of pyridine rings is 1. The number of hydrogen-bond donors (Lipinski definition) is 1. The van der Waals surface area contributed by atoms with Crippen molar-refractivity contribution in [1.82, 2.24) is 4.57 Å². The molecule has 1 saturated carbocycles. The second-order valence-electron chi connectivity index (χ2n) is 9.24. The summed E-state index contributed by atoms with van der Waals surface area (Å²) in [5.41, 5.74) is 1.68. The lowest BCUT2D eigenvalue weighted by Gasteiger charge is -2.39. The first-order chi connectivity index (χ1) is 14.1. The van der Waals surface area contributed by atoms with Gasteiger partial charge in [0.15, 0.2) is 5.43 Å². The van der Waals surface area contributed by atoms with E-state index in [1.807, 2.05) is 16.7 Å². The number of fused-ring (bicyclic) bond motifs is 3. The molecule has 1 aliphatic carbocycles. The first-order valence-corrected chi connectivity index (χ1v) is 10.5. The van der Waals surface area contributed by atoms with Gasteiger partial charge >= 0.3 is 5.97 Å². The third-order valence-electron chi connectivity index (χ3n) is 6.17. The van der Waals surface area contributed by atoms with Crippen molar-refractivity contribution in [2.45, 2.75) is 58.3 Å². The van der Waals surface area contributed by atoms with Gasteiger partial charge in [-0.05, 0) is 29.5 Å². The summed E-state index contributed by atoms with van der Waals surface area (Å²) in [6, 6.07) is 5.18. The van der Waals surface area contributed by atoms with Crippen LogP contribution in [0.5, 0.6) is 5.75 Å². The molecule has 2 heterocycles. The lowest BCUT2D eigenvalue weighted by atomic mass is 9.79. The molecule has 4 rings (SSSR count). The first-order valence-electron chi connectivity index (χ1n) is 10.1. The van der Waals surface area contributed by atoms with Crippen LogP contribution in [0.3, 0.4) is 0 Å². The lowest BCUT2D eigenvalue weighted by molar-refractivity contribution is -0.0380. The van der Waals surface area contributed by atoms with Gasteiger partial charge in [0.1, 0.15) is 17.4 Å². The Hall–Kier alpha value is -2.31. The number of methoxy groups -OCH3 is 1. The average molecular weight is 432 g/mol. The fourth-order valence-corrected chi connectivity index (χ4v) is 4.50. The smallest absolute Gasteiger partial charge is 0.341 e. The van der Waals surface area contributed by atoms with Gasteiger partial charge in [0.2, 0.25) is 0 Å². The van der Waals surface area contributed by atoms with Crippen LogP contribution in [-0.4, -0.2) is 35.0 Å². The van der Waals surface area contributed by atoms with Crippen LogP contribution in [0.1, 0.15) is 55.6 Å². The van der Waals surface area contributed by atoms with Gasteiger partial charge in [0, 0.05) is 43.8 Å². The molecule has 7 heteroatoms. The number of aromatic carboxylic acids is 1. The Bertz CT molecular complexity index is 1060. The molecule has 1 aromatic heterocycles. The van der Waals surface area contributed by atoms with Gasteiger partial charge in [-0.25, -0.2) is 4.79 Å². The number of carbonyl (C=O) groups is 1. The van der Waals surface area contributed by atoms with Crippen molar-refractivity contribution in [3.05, 3.63) is 50.8 Å². The molecule has 0 unspecified atom stereocenters. The molecule has 0 spiro atoms. The number of carboxylic acids is 1. The maximum absolute atomic E-state index is 12.4. The second-order valence-corrected chi connectivity index (χ2v) is 9.65. The molecule has 30 heavy (non-hydrogen) atoms. The Balaban J connectivity index is 1.79. The minimum atomic E-state index is -1.22. The van der Waals surface area contributed by atoms with Crippen molar-refractivity contribution in [3.8, 4) is 17.0 Å². The Morgan fingerprint density at radius 2 is 1.90 bits per heavy atom. The topological polar surface area (TPSA) is 77.8 Å². The van der Waals surface area contributed by atoms with Gasteiger partial charge in [-0.1, -0.05) is 32.4 Å². The first kappa shape index (κ1) is 20.9. The third kappa shape index (κ3) is 3.63. The van der Waals surface area contributed by atoms with Crippen LogP contribution in [0.4, 0.5) is 0 Å². The number of rotatable bonds is 4. The molecule has 2 aliphatic rings. The number of hydrogen-bond acceptors (Lipinski definition) is 4. The molecule has 1 atom stereocenters. The van der Waals surface area contributed by atoms with E-state index in [1.165, 1.54) is 12.3 Å². The Labute approximate surface area is 180 Å². The predicted octanol–water partition coefficient (Wildman–Crippen LogP) is 4.57. The summed E-state index contributed by atoms with van der Waals surface area (Å²) in [5.74, 6) is -0.578. The molecule has 0 radical (unpaired) electrons. The van der Waals surface area contributed by atoms with Gasteiger partial charge in [-0.2, -0.15) is 0 Å². The average Bonchev–Trinajstić information content (AvgIpc) is 2.62. The zero-order valence-electron chi connectivity index (χ0n) is 17.6. The number of aromatic nitrogens is 1. The summed E-state index contributed by atoms with van der Waals surface area (Å²) >= 11 is 6.53. The predicted molar refractivity (Wildman–Crippen MR) is 115 cm³/mol. The highest BCUT2D eigenvalue weighted by atomic mass is 35.5. The molecule has 0 bridgehead atoms. The SMILES string of the molecule is COC1CC(Oc2cc3c(cc2Cl)-c2cc(=O)c(C(=O)O)cn2[C@H](C(C)(C)C)C3)C1. The van der Waals surface area contributed by atoms with Gasteiger partial charge < -0.3 is 19.1 Å². The van der Waals surface area contributed by atoms with Crippen molar-refractivity contribution >= 4 is 17.6 Å². The van der Waals surface area contributed by atoms with Gasteiger partial charge in [-0.15, -0.1) is 0 Å². The Morgan fingerprint density at radius 1 is 1.20 bits per heavy atom. The zero-order valence-corrected chi connectivity index (χ0v) is 18.3. The van der Waals surface area contributed by atoms with E-state index in [9.17, 15) is 14.7 Å². The summed E-state index contributed by atoms with van der Waals surface area (Å²) in [6.07, 6.45) is 4.15. The summed E-state index contributed by atoms with van der Waals surface area (Å²) in [5, 5.41) is 9.90. The quantitative estimate of drug-likeness (QED) is 0.767. The number of halogens is 1. The van der Waals surface area contributed by atoms with Crippen molar-refractivity contribution in [2.24, 2.45) is 5.41 Å². The number of benzene rings is 1. The Kier molecular flexibility index (Phi) is 5.19. The summed E-state index contributed by atoms with van der Waals surface area (Å²) in [4.78, 5) is 24.0. The van der Waals surface area contributed by atoms with Crippen LogP contribution in [0, 0.1) is 5.41 Å². The fraction of sp³-hybridized carbons (Fsp3) is 0.478.